The lowest BCUT2D eigenvalue weighted by atomic mass is 10.1. The molecule has 6 heteroatoms. The largest absolute Gasteiger partial charge is 0.492 e. The molecule has 0 bridgehead atoms. The zero-order valence-electron chi connectivity index (χ0n) is 11.0. The van der Waals surface area contributed by atoms with E-state index in [1.807, 2.05) is 6.92 Å². The van der Waals surface area contributed by atoms with Crippen molar-refractivity contribution in [3.63, 3.8) is 0 Å². The molecule has 0 aliphatic carbocycles. The van der Waals surface area contributed by atoms with Gasteiger partial charge >= 0.3 is 5.97 Å². The van der Waals surface area contributed by atoms with Gasteiger partial charge in [-0.1, -0.05) is 6.07 Å². The minimum atomic E-state index is -1.06. The van der Waals surface area contributed by atoms with E-state index in [0.29, 0.717) is 18.0 Å². The Bertz CT molecular complexity index is 474. The van der Waals surface area contributed by atoms with Gasteiger partial charge < -0.3 is 20.9 Å². The monoisotopic (exact) mass is 266 g/mol. The number of carbonyl (C=O) groups excluding carboxylic acids is 1. The first-order valence-electron chi connectivity index (χ1n) is 5.95. The highest BCUT2D eigenvalue weighted by molar-refractivity contribution is 5.90. The smallest absolute Gasteiger partial charge is 0.320 e. The highest BCUT2D eigenvalue weighted by Gasteiger charge is 2.14. The molecule has 6 nitrogen and oxygen atoms in total. The third kappa shape index (κ3) is 4.59. The van der Waals surface area contributed by atoms with Crippen LogP contribution in [0.1, 0.15) is 19.4 Å². The van der Waals surface area contributed by atoms with Gasteiger partial charge in [-0.05, 0) is 31.0 Å². The van der Waals surface area contributed by atoms with Gasteiger partial charge in [-0.3, -0.25) is 9.59 Å². The van der Waals surface area contributed by atoms with E-state index in [-0.39, 0.29) is 12.3 Å². The van der Waals surface area contributed by atoms with Gasteiger partial charge in [-0.25, -0.2) is 0 Å². The quantitative estimate of drug-likeness (QED) is 0.713. The van der Waals surface area contributed by atoms with Crippen molar-refractivity contribution in [3.05, 3.63) is 23.8 Å². The molecule has 0 aliphatic rings. The third-order valence-electron chi connectivity index (χ3n) is 2.43. The van der Waals surface area contributed by atoms with E-state index in [2.05, 4.69) is 5.32 Å². The van der Waals surface area contributed by atoms with Crippen LogP contribution in [0.2, 0.25) is 0 Å². The van der Waals surface area contributed by atoms with Gasteiger partial charge in [-0.2, -0.15) is 0 Å². The lowest BCUT2D eigenvalue weighted by Crippen LogP contribution is -2.32. The fraction of sp³-hybridized carbons (Fsp3) is 0.385. The number of carboxylic acid groups (broad SMARTS) is 1. The van der Waals surface area contributed by atoms with Crippen LogP contribution in [-0.4, -0.2) is 29.6 Å². The van der Waals surface area contributed by atoms with E-state index in [1.165, 1.54) is 6.92 Å². The van der Waals surface area contributed by atoms with Crippen molar-refractivity contribution in [1.82, 2.24) is 0 Å². The van der Waals surface area contributed by atoms with Crippen molar-refractivity contribution in [2.24, 2.45) is 5.73 Å². The molecule has 0 heterocycles. The topological polar surface area (TPSA) is 102 Å². The summed E-state index contributed by atoms with van der Waals surface area (Å²) in [6.07, 6.45) is 0.189. The number of amides is 1. The predicted octanol–water partition coefficient (Wildman–Crippen LogP) is 0.998. The Hall–Kier alpha value is -2.08. The Morgan fingerprint density at radius 3 is 2.68 bits per heavy atom. The fourth-order valence-electron chi connectivity index (χ4n) is 1.61. The lowest BCUT2D eigenvalue weighted by molar-refractivity contribution is -0.138. The average molecular weight is 266 g/mol. The molecule has 1 atom stereocenters. The molecule has 1 unspecified atom stereocenters. The predicted molar refractivity (Wildman–Crippen MR) is 71.2 cm³/mol. The Balaban J connectivity index is 2.96. The number of carbonyl (C=O) groups is 2. The number of nitrogens with two attached hydrogens (primary N) is 1. The maximum Gasteiger partial charge on any atom is 0.320 e. The van der Waals surface area contributed by atoms with Gasteiger partial charge in [0.25, 0.3) is 0 Å². The molecule has 19 heavy (non-hydrogen) atoms. The number of hydrogen-bond acceptors (Lipinski definition) is 4. The summed E-state index contributed by atoms with van der Waals surface area (Å²) in [6.45, 7) is 3.71. The second kappa shape index (κ2) is 6.75. The number of ether oxygens (including phenoxy) is 1. The molecular weight excluding hydrogens is 248 g/mol. The van der Waals surface area contributed by atoms with E-state index in [0.717, 1.165) is 5.56 Å². The van der Waals surface area contributed by atoms with Crippen molar-refractivity contribution in [1.29, 1.82) is 0 Å². The van der Waals surface area contributed by atoms with E-state index in [9.17, 15) is 9.59 Å². The van der Waals surface area contributed by atoms with Crippen LogP contribution in [-0.2, 0) is 16.0 Å². The van der Waals surface area contributed by atoms with Gasteiger partial charge in [0.15, 0.2) is 0 Å². The normalized spacial score (nSPS) is 11.7. The number of anilines is 1. The van der Waals surface area contributed by atoms with Gasteiger partial charge in [0.05, 0.1) is 12.3 Å². The summed E-state index contributed by atoms with van der Waals surface area (Å²) in [5.74, 6) is -0.735. The second-order valence-electron chi connectivity index (χ2n) is 4.09. The first kappa shape index (κ1) is 15.0. The summed E-state index contributed by atoms with van der Waals surface area (Å²) >= 11 is 0. The van der Waals surface area contributed by atoms with Gasteiger partial charge in [-0.15, -0.1) is 0 Å². The Kier molecular flexibility index (Phi) is 5.32. The molecule has 0 aliphatic heterocycles. The number of rotatable bonds is 6. The minimum absolute atomic E-state index is 0.189. The molecule has 0 saturated carbocycles. The van der Waals surface area contributed by atoms with E-state index in [4.69, 9.17) is 15.6 Å². The molecular formula is C13H18N2O4. The number of nitrogens with one attached hydrogen (secondary N) is 1. The van der Waals surface area contributed by atoms with Gasteiger partial charge in [0.2, 0.25) is 5.91 Å². The van der Waals surface area contributed by atoms with Crippen LogP contribution in [0.25, 0.3) is 0 Å². The Morgan fingerprint density at radius 2 is 2.16 bits per heavy atom. The molecule has 104 valence electrons. The van der Waals surface area contributed by atoms with Crippen LogP contribution in [0.5, 0.6) is 5.75 Å². The first-order chi connectivity index (χ1) is 8.93. The maximum absolute atomic E-state index is 11.1. The fourth-order valence-corrected chi connectivity index (χ4v) is 1.61. The summed E-state index contributed by atoms with van der Waals surface area (Å²) in [7, 11) is 0. The molecule has 1 aromatic carbocycles. The molecule has 0 radical (unpaired) electrons. The highest BCUT2D eigenvalue weighted by Crippen LogP contribution is 2.26. The number of carboxylic acids is 1. The van der Waals surface area contributed by atoms with Crippen LogP contribution >= 0.6 is 0 Å². The van der Waals surface area contributed by atoms with Crippen molar-refractivity contribution < 1.29 is 19.4 Å². The molecule has 0 saturated heterocycles. The van der Waals surface area contributed by atoms with E-state index < -0.39 is 12.0 Å². The summed E-state index contributed by atoms with van der Waals surface area (Å²) in [5.41, 5.74) is 6.72. The summed E-state index contributed by atoms with van der Waals surface area (Å²) in [5, 5.41) is 11.4. The zero-order chi connectivity index (χ0) is 14.4. The number of aliphatic carboxylic acids is 1. The first-order valence-corrected chi connectivity index (χ1v) is 5.95. The molecule has 1 amide bonds. The molecule has 1 rings (SSSR count). The maximum atomic E-state index is 11.1. The molecule has 0 spiro atoms. The molecule has 0 aromatic heterocycles. The molecule has 1 aromatic rings. The lowest BCUT2D eigenvalue weighted by Gasteiger charge is -2.13. The third-order valence-corrected chi connectivity index (χ3v) is 2.43. The van der Waals surface area contributed by atoms with Gasteiger partial charge in [0.1, 0.15) is 11.8 Å². The minimum Gasteiger partial charge on any atom is -0.492 e. The number of benzene rings is 1. The van der Waals surface area contributed by atoms with E-state index in [1.54, 1.807) is 18.2 Å². The van der Waals surface area contributed by atoms with Crippen molar-refractivity contribution in [3.8, 4) is 5.75 Å². The van der Waals surface area contributed by atoms with Crippen molar-refractivity contribution in [2.45, 2.75) is 26.3 Å². The molecule has 0 fully saturated rings. The highest BCUT2D eigenvalue weighted by atomic mass is 16.5. The van der Waals surface area contributed by atoms with Crippen LogP contribution < -0.4 is 15.8 Å². The molecule has 4 N–H and O–H groups in total. The van der Waals surface area contributed by atoms with Crippen LogP contribution in [0.3, 0.4) is 0 Å². The van der Waals surface area contributed by atoms with Crippen molar-refractivity contribution >= 4 is 17.6 Å². The summed E-state index contributed by atoms with van der Waals surface area (Å²) < 4.78 is 5.38. The average Bonchev–Trinajstić information content (AvgIpc) is 2.31. The van der Waals surface area contributed by atoms with E-state index >= 15 is 0 Å². The van der Waals surface area contributed by atoms with Crippen LogP contribution in [0, 0.1) is 0 Å². The SMILES string of the molecule is CCOc1ccc(CC(N)C(=O)O)cc1NC(C)=O. The van der Waals surface area contributed by atoms with Crippen molar-refractivity contribution in [2.75, 3.05) is 11.9 Å². The summed E-state index contributed by atoms with van der Waals surface area (Å²) in [6, 6.07) is 4.13. The second-order valence-corrected chi connectivity index (χ2v) is 4.09. The van der Waals surface area contributed by atoms with Crippen LogP contribution in [0.4, 0.5) is 5.69 Å². The Labute approximate surface area is 111 Å². The van der Waals surface area contributed by atoms with Crippen LogP contribution in [0.15, 0.2) is 18.2 Å². The zero-order valence-corrected chi connectivity index (χ0v) is 11.0. The van der Waals surface area contributed by atoms with Gasteiger partial charge in [0, 0.05) is 6.92 Å². The standard InChI is InChI=1S/C13H18N2O4/c1-3-19-12-5-4-9(6-10(14)13(17)18)7-11(12)15-8(2)16/h4-5,7,10H,3,6,14H2,1-2H3,(H,15,16)(H,17,18). The summed E-state index contributed by atoms with van der Waals surface area (Å²) in [4.78, 5) is 21.8. The number of hydrogen-bond donors (Lipinski definition) is 3. The Morgan fingerprint density at radius 1 is 1.47 bits per heavy atom.